The molecule has 1 N–H and O–H groups in total. The van der Waals surface area contributed by atoms with E-state index in [1.807, 2.05) is 18.2 Å². The first-order valence-electron chi connectivity index (χ1n) is 8.83. The van der Waals surface area contributed by atoms with Gasteiger partial charge in [-0.15, -0.1) is 5.10 Å². The van der Waals surface area contributed by atoms with Gasteiger partial charge in [0.05, 0.1) is 6.61 Å². The maximum atomic E-state index is 12.1. The highest BCUT2D eigenvalue weighted by Gasteiger charge is 2.22. The van der Waals surface area contributed by atoms with E-state index in [0.717, 1.165) is 50.4 Å². The molecule has 3 rings (SSSR count). The molecule has 1 aromatic heterocycles. The molecule has 1 aliphatic heterocycles. The Bertz CT molecular complexity index is 707. The van der Waals surface area contributed by atoms with E-state index in [0.29, 0.717) is 12.3 Å². The highest BCUT2D eigenvalue weighted by atomic mass is 16.5. The Morgan fingerprint density at radius 2 is 1.84 bits per heavy atom. The van der Waals surface area contributed by atoms with E-state index >= 15 is 0 Å². The summed E-state index contributed by atoms with van der Waals surface area (Å²) in [6.07, 6.45) is 0. The van der Waals surface area contributed by atoms with Gasteiger partial charge in [0.25, 0.3) is 0 Å². The third kappa shape index (κ3) is 4.05. The van der Waals surface area contributed by atoms with Crippen LogP contribution in [0.5, 0.6) is 0 Å². The Kier molecular flexibility index (Phi) is 5.78. The van der Waals surface area contributed by atoms with Crippen LogP contribution < -0.4 is 0 Å². The summed E-state index contributed by atoms with van der Waals surface area (Å²) in [5, 5.41) is 10.8. The number of benzene rings is 1. The molecule has 25 heavy (non-hydrogen) atoms. The minimum Gasteiger partial charge on any atom is -0.461 e. The van der Waals surface area contributed by atoms with Crippen molar-refractivity contribution in [3.63, 3.8) is 0 Å². The second-order valence-corrected chi connectivity index (χ2v) is 6.11. The number of H-pyrrole nitrogens is 1. The van der Waals surface area contributed by atoms with Gasteiger partial charge in [0, 0.05) is 38.3 Å². The predicted molar refractivity (Wildman–Crippen MR) is 95.2 cm³/mol. The number of aromatic amines is 1. The van der Waals surface area contributed by atoms with Crippen molar-refractivity contribution >= 4 is 5.97 Å². The van der Waals surface area contributed by atoms with Gasteiger partial charge in [0.15, 0.2) is 5.69 Å². The fourth-order valence-corrected chi connectivity index (χ4v) is 3.15. The molecule has 0 unspecified atom stereocenters. The first-order chi connectivity index (χ1) is 12.2. The number of hydrogen-bond acceptors (Lipinski definition) is 6. The Morgan fingerprint density at radius 1 is 1.12 bits per heavy atom. The normalized spacial score (nSPS) is 16.1. The van der Waals surface area contributed by atoms with Crippen molar-refractivity contribution in [2.75, 3.05) is 39.3 Å². The first kappa shape index (κ1) is 17.6. The minimum atomic E-state index is -0.447. The van der Waals surface area contributed by atoms with E-state index in [4.69, 9.17) is 4.74 Å². The summed E-state index contributed by atoms with van der Waals surface area (Å²) in [5.74, 6) is -0.447. The zero-order valence-corrected chi connectivity index (χ0v) is 14.9. The number of likely N-dealkylation sites (N-methyl/N-ethyl adjacent to an activating group) is 1. The van der Waals surface area contributed by atoms with Crippen LogP contribution in [0.25, 0.3) is 11.3 Å². The molecule has 0 saturated carbocycles. The van der Waals surface area contributed by atoms with Crippen molar-refractivity contribution in [2.24, 2.45) is 0 Å². The van der Waals surface area contributed by atoms with Crippen LogP contribution >= 0.6 is 0 Å². The van der Waals surface area contributed by atoms with E-state index in [1.54, 1.807) is 6.92 Å². The van der Waals surface area contributed by atoms with E-state index < -0.39 is 5.97 Å². The number of piperazine rings is 1. The van der Waals surface area contributed by atoms with Gasteiger partial charge in [0.1, 0.15) is 5.69 Å². The van der Waals surface area contributed by atoms with Crippen molar-refractivity contribution in [1.29, 1.82) is 0 Å². The van der Waals surface area contributed by atoms with Crippen LogP contribution in [0.2, 0.25) is 0 Å². The van der Waals surface area contributed by atoms with Crippen LogP contribution in [0.1, 0.15) is 29.9 Å². The number of ether oxygens (including phenoxy) is 1. The standard InChI is InChI=1S/C18H25N5O2/c1-3-22-9-11-23(12-10-22)13-14-7-5-6-8-15(14)16-17(20-21-19-16)18(24)25-4-2/h5-8H,3-4,9-13H2,1-2H3,(H,19,20,21). The molecule has 134 valence electrons. The number of carbonyl (C=O) groups is 1. The third-order valence-electron chi connectivity index (χ3n) is 4.60. The lowest BCUT2D eigenvalue weighted by Gasteiger charge is -2.34. The minimum absolute atomic E-state index is 0.241. The lowest BCUT2D eigenvalue weighted by atomic mass is 10.0. The molecule has 2 aromatic rings. The fraction of sp³-hybridized carbons (Fsp3) is 0.500. The molecule has 0 radical (unpaired) electrons. The number of nitrogens with one attached hydrogen (secondary N) is 1. The van der Waals surface area contributed by atoms with Gasteiger partial charge in [-0.2, -0.15) is 10.3 Å². The summed E-state index contributed by atoms with van der Waals surface area (Å²) < 4.78 is 5.09. The first-order valence-corrected chi connectivity index (χ1v) is 8.83. The van der Waals surface area contributed by atoms with Crippen LogP contribution in [0.4, 0.5) is 0 Å². The molecule has 0 amide bonds. The number of aromatic nitrogens is 3. The van der Waals surface area contributed by atoms with Crippen molar-refractivity contribution < 1.29 is 9.53 Å². The summed E-state index contributed by atoms with van der Waals surface area (Å²) in [5.41, 5.74) is 2.87. The molecule has 1 fully saturated rings. The van der Waals surface area contributed by atoms with Gasteiger partial charge in [-0.3, -0.25) is 4.90 Å². The van der Waals surface area contributed by atoms with Crippen LogP contribution in [0.15, 0.2) is 24.3 Å². The molecule has 0 bridgehead atoms. The largest absolute Gasteiger partial charge is 0.461 e. The molecule has 2 heterocycles. The predicted octanol–water partition coefficient (Wildman–Crippen LogP) is 1.79. The Morgan fingerprint density at radius 3 is 2.56 bits per heavy atom. The second kappa shape index (κ2) is 8.22. The van der Waals surface area contributed by atoms with Gasteiger partial charge >= 0.3 is 5.97 Å². The van der Waals surface area contributed by atoms with Crippen LogP contribution in [0, 0.1) is 0 Å². The molecular formula is C18H25N5O2. The van der Waals surface area contributed by atoms with Crippen molar-refractivity contribution in [3.05, 3.63) is 35.5 Å². The number of nitrogens with zero attached hydrogens (tertiary/aromatic N) is 4. The average Bonchev–Trinajstić information content (AvgIpc) is 3.13. The topological polar surface area (TPSA) is 74.3 Å². The molecule has 7 nitrogen and oxygen atoms in total. The summed E-state index contributed by atoms with van der Waals surface area (Å²) in [6, 6.07) is 8.05. The van der Waals surface area contributed by atoms with Gasteiger partial charge in [0.2, 0.25) is 0 Å². The summed E-state index contributed by atoms with van der Waals surface area (Å²) in [4.78, 5) is 17.0. The summed E-state index contributed by atoms with van der Waals surface area (Å²) in [6.45, 7) is 10.5. The van der Waals surface area contributed by atoms with E-state index in [1.165, 1.54) is 0 Å². The molecule has 1 saturated heterocycles. The van der Waals surface area contributed by atoms with Crippen molar-refractivity contribution in [3.8, 4) is 11.3 Å². The average molecular weight is 343 g/mol. The van der Waals surface area contributed by atoms with Gasteiger partial charge in [-0.1, -0.05) is 31.2 Å². The number of carbonyl (C=O) groups excluding carboxylic acids is 1. The molecule has 0 spiro atoms. The molecule has 0 aliphatic carbocycles. The van der Waals surface area contributed by atoms with E-state index in [2.05, 4.69) is 38.2 Å². The van der Waals surface area contributed by atoms with Crippen LogP contribution in [0.3, 0.4) is 0 Å². The zero-order valence-electron chi connectivity index (χ0n) is 14.9. The van der Waals surface area contributed by atoms with E-state index in [-0.39, 0.29) is 5.69 Å². The van der Waals surface area contributed by atoms with Gasteiger partial charge in [-0.05, 0) is 19.0 Å². The van der Waals surface area contributed by atoms with Gasteiger partial charge in [-0.25, -0.2) is 4.79 Å². The van der Waals surface area contributed by atoms with Gasteiger partial charge < -0.3 is 9.64 Å². The third-order valence-corrected chi connectivity index (χ3v) is 4.60. The highest BCUT2D eigenvalue weighted by Crippen LogP contribution is 2.26. The lowest BCUT2D eigenvalue weighted by Crippen LogP contribution is -2.45. The van der Waals surface area contributed by atoms with Crippen molar-refractivity contribution in [2.45, 2.75) is 20.4 Å². The Balaban J connectivity index is 1.80. The summed E-state index contributed by atoms with van der Waals surface area (Å²) in [7, 11) is 0. The quantitative estimate of drug-likeness (QED) is 0.806. The SMILES string of the molecule is CCOC(=O)c1n[nH]nc1-c1ccccc1CN1CCN(CC)CC1. The molecule has 1 aromatic carbocycles. The number of hydrogen-bond donors (Lipinski definition) is 1. The molecule has 7 heteroatoms. The molecule has 0 atom stereocenters. The monoisotopic (exact) mass is 343 g/mol. The number of rotatable bonds is 6. The molecular weight excluding hydrogens is 318 g/mol. The fourth-order valence-electron chi connectivity index (χ4n) is 3.15. The highest BCUT2D eigenvalue weighted by molar-refractivity contribution is 5.94. The Hall–Kier alpha value is -2.25. The maximum absolute atomic E-state index is 12.1. The van der Waals surface area contributed by atoms with Crippen LogP contribution in [-0.4, -0.2) is 70.5 Å². The maximum Gasteiger partial charge on any atom is 0.361 e. The second-order valence-electron chi connectivity index (χ2n) is 6.11. The van der Waals surface area contributed by atoms with Crippen molar-refractivity contribution in [1.82, 2.24) is 25.2 Å². The Labute approximate surface area is 148 Å². The number of esters is 1. The molecule has 1 aliphatic rings. The smallest absolute Gasteiger partial charge is 0.361 e. The van der Waals surface area contributed by atoms with Crippen LogP contribution in [-0.2, 0) is 11.3 Å². The zero-order chi connectivity index (χ0) is 17.6. The summed E-state index contributed by atoms with van der Waals surface area (Å²) >= 11 is 0. The lowest BCUT2D eigenvalue weighted by molar-refractivity contribution is 0.0520. The van der Waals surface area contributed by atoms with E-state index in [9.17, 15) is 4.79 Å².